The Morgan fingerprint density at radius 2 is 1.96 bits per heavy atom. The minimum Gasteiger partial charge on any atom is -0.496 e. The molecule has 1 fully saturated rings. The predicted molar refractivity (Wildman–Crippen MR) is 104 cm³/mol. The van der Waals surface area contributed by atoms with Crippen LogP contribution in [0.1, 0.15) is 31.2 Å². The highest BCUT2D eigenvalue weighted by molar-refractivity contribution is 5.77. The molecule has 2 amide bonds. The molecule has 3 atom stereocenters. The summed E-state index contributed by atoms with van der Waals surface area (Å²) in [5.41, 5.74) is 0.894. The fourth-order valence-corrected chi connectivity index (χ4v) is 3.26. The molecule has 0 aromatic heterocycles. The topological polar surface area (TPSA) is 96.9 Å². The maximum absolute atomic E-state index is 12.3. The van der Waals surface area contributed by atoms with Crippen molar-refractivity contribution in [3.63, 3.8) is 0 Å². The summed E-state index contributed by atoms with van der Waals surface area (Å²) < 4.78 is 11.1. The number of carbonyl (C=O) groups is 2. The first-order chi connectivity index (χ1) is 13.6. The van der Waals surface area contributed by atoms with Crippen molar-refractivity contribution in [2.24, 2.45) is 5.92 Å². The van der Waals surface area contributed by atoms with Gasteiger partial charge in [0.15, 0.2) is 0 Å². The minimum absolute atomic E-state index is 0.0211. The van der Waals surface area contributed by atoms with Crippen LogP contribution < -0.4 is 15.4 Å². The van der Waals surface area contributed by atoms with Gasteiger partial charge in [0.2, 0.25) is 11.8 Å². The zero-order valence-corrected chi connectivity index (χ0v) is 16.1. The molecular weight excluding hydrogens is 360 g/mol. The highest BCUT2D eigenvalue weighted by atomic mass is 16.5. The monoisotopic (exact) mass is 388 g/mol. The van der Waals surface area contributed by atoms with Crippen molar-refractivity contribution < 1.29 is 24.2 Å². The van der Waals surface area contributed by atoms with Crippen molar-refractivity contribution in [1.29, 1.82) is 0 Å². The van der Waals surface area contributed by atoms with E-state index in [4.69, 9.17) is 9.47 Å². The summed E-state index contributed by atoms with van der Waals surface area (Å²) >= 11 is 0. The second-order valence-corrected chi connectivity index (χ2v) is 7.31. The largest absolute Gasteiger partial charge is 0.496 e. The van der Waals surface area contributed by atoms with Crippen LogP contribution >= 0.6 is 0 Å². The molecule has 1 aromatic carbocycles. The van der Waals surface area contributed by atoms with Crippen LogP contribution in [-0.2, 0) is 20.9 Å². The summed E-state index contributed by atoms with van der Waals surface area (Å²) in [6.45, 7) is 0.139. The Bertz CT molecular complexity index is 717. The third kappa shape index (κ3) is 5.81. The molecule has 1 saturated carbocycles. The first kappa shape index (κ1) is 20.4. The van der Waals surface area contributed by atoms with E-state index in [2.05, 4.69) is 10.6 Å². The van der Waals surface area contributed by atoms with E-state index in [1.165, 1.54) is 0 Å². The molecule has 28 heavy (non-hydrogen) atoms. The first-order valence-electron chi connectivity index (χ1n) is 9.71. The molecule has 1 aromatic rings. The van der Waals surface area contributed by atoms with E-state index in [1.54, 1.807) is 13.2 Å². The summed E-state index contributed by atoms with van der Waals surface area (Å²) in [5, 5.41) is 15.4. The van der Waals surface area contributed by atoms with Crippen LogP contribution in [0.2, 0.25) is 0 Å². The van der Waals surface area contributed by atoms with Crippen LogP contribution in [0.15, 0.2) is 36.4 Å². The number of para-hydroxylation sites is 1. The van der Waals surface area contributed by atoms with Crippen molar-refractivity contribution >= 4 is 11.8 Å². The van der Waals surface area contributed by atoms with E-state index in [9.17, 15) is 14.7 Å². The number of ether oxygens (including phenoxy) is 2. The highest BCUT2D eigenvalue weighted by Crippen LogP contribution is 2.32. The van der Waals surface area contributed by atoms with Gasteiger partial charge in [0.1, 0.15) is 11.9 Å². The van der Waals surface area contributed by atoms with Crippen molar-refractivity contribution in [2.45, 2.75) is 50.5 Å². The number of amides is 2. The fourth-order valence-electron chi connectivity index (χ4n) is 3.26. The number of methoxy groups -OCH3 is 1. The zero-order valence-electron chi connectivity index (χ0n) is 16.1. The Labute approximate surface area is 165 Å². The number of hydrogen-bond donors (Lipinski definition) is 3. The van der Waals surface area contributed by atoms with Gasteiger partial charge in [-0.25, -0.2) is 0 Å². The van der Waals surface area contributed by atoms with Gasteiger partial charge in [0.25, 0.3) is 0 Å². The van der Waals surface area contributed by atoms with E-state index in [0.29, 0.717) is 18.9 Å². The van der Waals surface area contributed by atoms with Gasteiger partial charge < -0.3 is 25.2 Å². The smallest absolute Gasteiger partial charge is 0.223 e. The average molecular weight is 388 g/mol. The van der Waals surface area contributed by atoms with Gasteiger partial charge in [-0.15, -0.1) is 0 Å². The van der Waals surface area contributed by atoms with Crippen LogP contribution in [0.25, 0.3) is 0 Å². The van der Waals surface area contributed by atoms with Gasteiger partial charge in [-0.2, -0.15) is 0 Å². The summed E-state index contributed by atoms with van der Waals surface area (Å²) in [6.07, 6.45) is 5.48. The molecule has 2 aliphatic rings. The minimum atomic E-state index is -0.555. The number of aliphatic hydroxyl groups excluding tert-OH is 1. The Morgan fingerprint density at radius 3 is 2.68 bits per heavy atom. The lowest BCUT2D eigenvalue weighted by Gasteiger charge is -2.31. The lowest BCUT2D eigenvalue weighted by Crippen LogP contribution is -2.49. The van der Waals surface area contributed by atoms with Crippen LogP contribution in [-0.4, -0.2) is 48.9 Å². The molecule has 0 radical (unpaired) electrons. The van der Waals surface area contributed by atoms with Crippen LogP contribution in [0, 0.1) is 5.92 Å². The number of benzene rings is 1. The number of rotatable bonds is 9. The molecule has 1 aliphatic carbocycles. The number of nitrogens with one attached hydrogen (secondary N) is 2. The predicted octanol–water partition coefficient (Wildman–Crippen LogP) is 1.30. The maximum atomic E-state index is 12.3. The summed E-state index contributed by atoms with van der Waals surface area (Å²) in [4.78, 5) is 24.3. The second kappa shape index (κ2) is 9.71. The molecule has 152 valence electrons. The van der Waals surface area contributed by atoms with Gasteiger partial charge in [0.05, 0.1) is 32.3 Å². The Hall–Kier alpha value is -2.38. The number of aliphatic hydroxyl groups is 1. The molecule has 7 heteroatoms. The highest BCUT2D eigenvalue weighted by Gasteiger charge is 2.31. The third-order valence-corrected chi connectivity index (χ3v) is 5.02. The normalized spacial score (nSPS) is 23.9. The Balaban J connectivity index is 1.48. The number of carbonyl (C=O) groups excluding carboxylic acids is 2. The average Bonchev–Trinajstić information content (AvgIpc) is 3.51. The van der Waals surface area contributed by atoms with Crippen molar-refractivity contribution in [2.75, 3.05) is 13.7 Å². The van der Waals surface area contributed by atoms with E-state index in [0.717, 1.165) is 24.2 Å². The maximum Gasteiger partial charge on any atom is 0.223 e. The Kier molecular flexibility index (Phi) is 7.06. The lowest BCUT2D eigenvalue weighted by molar-refractivity contribution is -0.128. The first-order valence-corrected chi connectivity index (χ1v) is 9.71. The fraction of sp³-hybridized carbons (Fsp3) is 0.524. The summed E-state index contributed by atoms with van der Waals surface area (Å²) in [5.74, 6) is 1.04. The molecule has 0 bridgehead atoms. The van der Waals surface area contributed by atoms with E-state index >= 15 is 0 Å². The molecule has 0 unspecified atom stereocenters. The summed E-state index contributed by atoms with van der Waals surface area (Å²) in [7, 11) is 1.59. The second-order valence-electron chi connectivity index (χ2n) is 7.31. The third-order valence-electron chi connectivity index (χ3n) is 5.02. The van der Waals surface area contributed by atoms with Crippen LogP contribution in [0.3, 0.4) is 0 Å². The van der Waals surface area contributed by atoms with Gasteiger partial charge in [-0.3, -0.25) is 9.59 Å². The molecule has 3 N–H and O–H groups in total. The number of hydrogen-bond acceptors (Lipinski definition) is 5. The molecule has 0 saturated heterocycles. The molecule has 1 aliphatic heterocycles. The lowest BCUT2D eigenvalue weighted by atomic mass is 10.0. The quantitative estimate of drug-likeness (QED) is 0.554. The van der Waals surface area contributed by atoms with Crippen LogP contribution in [0.5, 0.6) is 5.75 Å². The van der Waals surface area contributed by atoms with E-state index < -0.39 is 12.2 Å². The molecule has 3 rings (SSSR count). The molecule has 0 spiro atoms. The zero-order chi connectivity index (χ0) is 19.9. The molecular formula is C21H28N2O5. The molecule has 1 heterocycles. The standard InChI is InChI=1S/C21H28N2O5/c1-27-18-5-3-2-4-15(18)12-22-20(25)11-16-8-9-17(19(13-24)28-16)23-21(26)10-14-6-7-14/h2-5,8-9,14,16-17,19,24H,6-7,10-13H2,1H3,(H,22,25)(H,23,26)/t16-,17-,19+/m0/s1. The van der Waals surface area contributed by atoms with Crippen molar-refractivity contribution in [3.05, 3.63) is 42.0 Å². The van der Waals surface area contributed by atoms with E-state index in [1.807, 2.05) is 30.3 Å². The Morgan fingerprint density at radius 1 is 1.18 bits per heavy atom. The van der Waals surface area contributed by atoms with Crippen LogP contribution in [0.4, 0.5) is 0 Å². The SMILES string of the molecule is COc1ccccc1CNC(=O)C[C@@H]1C=C[C@H](NC(=O)CC2CC2)[C@@H](CO)O1. The van der Waals surface area contributed by atoms with Gasteiger partial charge in [0, 0.05) is 18.5 Å². The van der Waals surface area contributed by atoms with Gasteiger partial charge in [-0.05, 0) is 24.8 Å². The van der Waals surface area contributed by atoms with Gasteiger partial charge >= 0.3 is 0 Å². The van der Waals surface area contributed by atoms with Gasteiger partial charge in [-0.1, -0.05) is 30.4 Å². The van der Waals surface area contributed by atoms with E-state index in [-0.39, 0.29) is 30.9 Å². The summed E-state index contributed by atoms with van der Waals surface area (Å²) in [6, 6.07) is 7.13. The van der Waals surface area contributed by atoms with Crippen molar-refractivity contribution in [1.82, 2.24) is 10.6 Å². The molecule has 7 nitrogen and oxygen atoms in total. The van der Waals surface area contributed by atoms with Crippen molar-refractivity contribution in [3.8, 4) is 5.75 Å².